The minimum Gasteiger partial charge on any atom is -0.491 e. The maximum absolute atomic E-state index is 5.96. The number of benzene rings is 2. The number of nitrogens with one attached hydrogen (secondary N) is 2. The smallest absolute Gasteiger partial charge is 0.142 e. The maximum atomic E-state index is 5.96. The molecule has 0 unspecified atom stereocenters. The summed E-state index contributed by atoms with van der Waals surface area (Å²) in [7, 11) is 0. The SMILES string of the molecule is c1ccc2c(c1)NCCCCCNc1ccccc1OCCSCCO2. The highest BCUT2D eigenvalue weighted by Crippen LogP contribution is 2.25. The number of thioether (sulfide) groups is 1. The lowest BCUT2D eigenvalue weighted by Crippen LogP contribution is -2.10. The summed E-state index contributed by atoms with van der Waals surface area (Å²) in [5.41, 5.74) is 2.18. The summed E-state index contributed by atoms with van der Waals surface area (Å²) in [6.07, 6.45) is 3.47. The molecular weight excluding hydrogens is 344 g/mol. The molecule has 0 aliphatic carbocycles. The van der Waals surface area contributed by atoms with Crippen molar-refractivity contribution in [2.75, 3.05) is 48.4 Å². The Morgan fingerprint density at radius 1 is 0.654 bits per heavy atom. The second-order valence-electron chi connectivity index (χ2n) is 6.22. The van der Waals surface area contributed by atoms with Gasteiger partial charge < -0.3 is 20.1 Å². The normalized spacial score (nSPS) is 16.9. The van der Waals surface area contributed by atoms with Crippen molar-refractivity contribution in [1.82, 2.24) is 0 Å². The third-order valence-electron chi connectivity index (χ3n) is 4.23. The lowest BCUT2D eigenvalue weighted by Gasteiger charge is -2.15. The van der Waals surface area contributed by atoms with Crippen molar-refractivity contribution >= 4 is 23.1 Å². The van der Waals surface area contributed by atoms with Gasteiger partial charge in [-0.2, -0.15) is 11.8 Å². The Bertz CT molecular complexity index is 554. The van der Waals surface area contributed by atoms with E-state index in [1.807, 2.05) is 36.0 Å². The Morgan fingerprint density at radius 2 is 1.15 bits per heavy atom. The second kappa shape index (κ2) is 10.9. The Morgan fingerprint density at radius 3 is 1.69 bits per heavy atom. The predicted molar refractivity (Wildman–Crippen MR) is 112 cm³/mol. The van der Waals surface area contributed by atoms with Gasteiger partial charge in [0.25, 0.3) is 0 Å². The predicted octanol–water partition coefficient (Wildman–Crippen LogP) is 4.89. The van der Waals surface area contributed by atoms with Crippen LogP contribution < -0.4 is 20.1 Å². The lowest BCUT2D eigenvalue weighted by molar-refractivity contribution is 0.341. The van der Waals surface area contributed by atoms with Gasteiger partial charge in [-0.05, 0) is 43.5 Å². The van der Waals surface area contributed by atoms with Gasteiger partial charge in [0.05, 0.1) is 24.6 Å². The molecule has 3 rings (SSSR count). The number of rotatable bonds is 0. The average Bonchev–Trinajstić information content (AvgIpc) is 2.68. The molecule has 26 heavy (non-hydrogen) atoms. The highest BCUT2D eigenvalue weighted by molar-refractivity contribution is 7.99. The molecule has 0 fully saturated rings. The van der Waals surface area contributed by atoms with Crippen LogP contribution in [0.15, 0.2) is 48.5 Å². The molecule has 0 bridgehead atoms. The third kappa shape index (κ3) is 6.06. The molecule has 2 aromatic carbocycles. The van der Waals surface area contributed by atoms with E-state index in [1.54, 1.807) is 0 Å². The molecule has 0 spiro atoms. The molecule has 0 radical (unpaired) electrons. The van der Waals surface area contributed by atoms with Gasteiger partial charge in [-0.15, -0.1) is 0 Å². The average molecular weight is 373 g/mol. The van der Waals surface area contributed by atoms with Gasteiger partial charge >= 0.3 is 0 Å². The standard InChI is InChI=1S/C21H28N2O2S/c1-6-12-22-18-8-2-4-10-20(18)24-14-16-26-17-15-25-21-11-5-3-9-19(21)23-13-7-1/h2-5,8-11,22-23H,1,6-7,12-17H2. The van der Waals surface area contributed by atoms with Crippen LogP contribution in [-0.4, -0.2) is 37.8 Å². The number of ether oxygens (including phenoxy) is 2. The first-order chi connectivity index (χ1) is 12.9. The molecule has 1 heterocycles. The molecule has 140 valence electrons. The van der Waals surface area contributed by atoms with Crippen LogP contribution in [0.5, 0.6) is 11.5 Å². The van der Waals surface area contributed by atoms with Crippen molar-refractivity contribution in [1.29, 1.82) is 0 Å². The van der Waals surface area contributed by atoms with Crippen LogP contribution in [0, 0.1) is 0 Å². The molecule has 1 aliphatic heterocycles. The molecule has 5 heteroatoms. The second-order valence-corrected chi connectivity index (χ2v) is 7.44. The monoisotopic (exact) mass is 372 g/mol. The highest BCUT2D eigenvalue weighted by Gasteiger charge is 2.05. The zero-order valence-electron chi connectivity index (χ0n) is 15.2. The number of anilines is 2. The van der Waals surface area contributed by atoms with Gasteiger partial charge in [0.15, 0.2) is 0 Å². The molecule has 2 aromatic rings. The van der Waals surface area contributed by atoms with E-state index in [9.17, 15) is 0 Å². The zero-order chi connectivity index (χ0) is 17.9. The van der Waals surface area contributed by atoms with E-state index in [-0.39, 0.29) is 0 Å². The number of fused-ring (bicyclic) bond motifs is 2. The summed E-state index contributed by atoms with van der Waals surface area (Å²) in [6, 6.07) is 16.4. The molecule has 0 saturated carbocycles. The van der Waals surface area contributed by atoms with Crippen molar-refractivity contribution in [3.05, 3.63) is 48.5 Å². The van der Waals surface area contributed by atoms with Gasteiger partial charge in [-0.1, -0.05) is 24.3 Å². The first-order valence-corrected chi connectivity index (χ1v) is 10.6. The van der Waals surface area contributed by atoms with E-state index >= 15 is 0 Å². The van der Waals surface area contributed by atoms with E-state index in [2.05, 4.69) is 34.9 Å². The van der Waals surface area contributed by atoms with Crippen molar-refractivity contribution in [3.63, 3.8) is 0 Å². The maximum Gasteiger partial charge on any atom is 0.142 e. The highest BCUT2D eigenvalue weighted by atomic mass is 32.2. The quantitative estimate of drug-likeness (QED) is 0.689. The van der Waals surface area contributed by atoms with Crippen molar-refractivity contribution < 1.29 is 9.47 Å². The van der Waals surface area contributed by atoms with Crippen LogP contribution in [0.2, 0.25) is 0 Å². The Kier molecular flexibility index (Phi) is 7.84. The van der Waals surface area contributed by atoms with Crippen molar-refractivity contribution in [3.8, 4) is 11.5 Å². The fraction of sp³-hybridized carbons (Fsp3) is 0.429. The molecule has 0 saturated heterocycles. The first-order valence-electron chi connectivity index (χ1n) is 9.42. The molecule has 0 atom stereocenters. The van der Waals surface area contributed by atoms with Gasteiger partial charge in [-0.25, -0.2) is 0 Å². The summed E-state index contributed by atoms with van der Waals surface area (Å²) >= 11 is 1.86. The minimum atomic E-state index is 0.710. The summed E-state index contributed by atoms with van der Waals surface area (Å²) in [6.45, 7) is 3.35. The van der Waals surface area contributed by atoms with Crippen LogP contribution in [0.3, 0.4) is 0 Å². The van der Waals surface area contributed by atoms with Gasteiger partial charge in [0, 0.05) is 24.6 Å². The Hall–Kier alpha value is -2.01. The Balaban J connectivity index is 1.56. The van der Waals surface area contributed by atoms with Crippen LogP contribution in [0.1, 0.15) is 19.3 Å². The number of hydrogen-bond donors (Lipinski definition) is 2. The molecule has 0 amide bonds. The van der Waals surface area contributed by atoms with Crippen LogP contribution in [-0.2, 0) is 0 Å². The number of para-hydroxylation sites is 4. The summed E-state index contributed by atoms with van der Waals surface area (Å²) in [5.74, 6) is 3.80. The molecule has 4 nitrogen and oxygen atoms in total. The van der Waals surface area contributed by atoms with Crippen molar-refractivity contribution in [2.45, 2.75) is 19.3 Å². The van der Waals surface area contributed by atoms with Crippen LogP contribution >= 0.6 is 11.8 Å². The van der Waals surface area contributed by atoms with E-state index in [0.717, 1.165) is 60.3 Å². The fourth-order valence-corrected chi connectivity index (χ4v) is 3.48. The summed E-state index contributed by atoms with van der Waals surface area (Å²) < 4.78 is 11.9. The van der Waals surface area contributed by atoms with Crippen LogP contribution in [0.4, 0.5) is 11.4 Å². The molecular formula is C21H28N2O2S. The van der Waals surface area contributed by atoms with E-state index in [0.29, 0.717) is 13.2 Å². The first kappa shape index (κ1) is 18.8. The molecule has 1 aliphatic rings. The van der Waals surface area contributed by atoms with Crippen molar-refractivity contribution in [2.24, 2.45) is 0 Å². The Labute approximate surface area is 160 Å². The van der Waals surface area contributed by atoms with E-state index < -0.39 is 0 Å². The van der Waals surface area contributed by atoms with Gasteiger partial charge in [0.2, 0.25) is 0 Å². The van der Waals surface area contributed by atoms with Gasteiger partial charge in [0.1, 0.15) is 11.5 Å². The summed E-state index contributed by atoms with van der Waals surface area (Å²) in [4.78, 5) is 0. The zero-order valence-corrected chi connectivity index (χ0v) is 16.0. The van der Waals surface area contributed by atoms with Crippen LogP contribution in [0.25, 0.3) is 0 Å². The van der Waals surface area contributed by atoms with E-state index in [1.165, 1.54) is 6.42 Å². The number of hydrogen-bond acceptors (Lipinski definition) is 5. The topological polar surface area (TPSA) is 42.5 Å². The minimum absolute atomic E-state index is 0.710. The third-order valence-corrected chi connectivity index (χ3v) is 5.14. The summed E-state index contributed by atoms with van der Waals surface area (Å²) in [5, 5.41) is 7.02. The lowest BCUT2D eigenvalue weighted by atomic mass is 10.2. The largest absolute Gasteiger partial charge is 0.491 e. The van der Waals surface area contributed by atoms with Gasteiger partial charge in [-0.3, -0.25) is 0 Å². The molecule has 2 N–H and O–H groups in total. The van der Waals surface area contributed by atoms with E-state index in [4.69, 9.17) is 9.47 Å². The molecule has 0 aromatic heterocycles. The fourth-order valence-electron chi connectivity index (χ4n) is 2.87.